The van der Waals surface area contributed by atoms with E-state index in [9.17, 15) is 5.26 Å². The number of hydrogen-bond donors (Lipinski definition) is 1. The van der Waals surface area contributed by atoms with Gasteiger partial charge in [-0.1, -0.05) is 11.8 Å². The first-order valence-corrected chi connectivity index (χ1v) is 7.55. The number of aromatic nitrogens is 2. The van der Waals surface area contributed by atoms with Crippen molar-refractivity contribution in [3.05, 3.63) is 5.89 Å². The third-order valence-electron chi connectivity index (χ3n) is 2.66. The summed E-state index contributed by atoms with van der Waals surface area (Å²) in [5.74, 6) is 1.53. The standard InChI is InChI=1S/C13H22N4OS/c1-10(2)15-13(4,9-14)7-5-6-8-19-12-17-16-11(3)18-12/h10,15H,5-8H2,1-4H3. The molecule has 19 heavy (non-hydrogen) atoms. The zero-order valence-corrected chi connectivity index (χ0v) is 12.9. The largest absolute Gasteiger partial charge is 0.416 e. The lowest BCUT2D eigenvalue weighted by Crippen LogP contribution is -2.44. The highest BCUT2D eigenvalue weighted by atomic mass is 32.2. The molecule has 0 amide bonds. The zero-order chi connectivity index (χ0) is 14.3. The minimum Gasteiger partial charge on any atom is -0.416 e. The molecule has 5 nitrogen and oxygen atoms in total. The molecule has 0 bridgehead atoms. The van der Waals surface area contributed by atoms with Gasteiger partial charge >= 0.3 is 0 Å². The highest BCUT2D eigenvalue weighted by Gasteiger charge is 2.23. The Morgan fingerprint density at radius 2 is 2.16 bits per heavy atom. The van der Waals surface area contributed by atoms with Crippen LogP contribution in [0.15, 0.2) is 9.64 Å². The Hall–Kier alpha value is -1.06. The fourth-order valence-electron chi connectivity index (χ4n) is 1.87. The van der Waals surface area contributed by atoms with Gasteiger partial charge in [0, 0.05) is 18.7 Å². The van der Waals surface area contributed by atoms with Crippen LogP contribution in [0, 0.1) is 18.3 Å². The Morgan fingerprint density at radius 1 is 1.42 bits per heavy atom. The van der Waals surface area contributed by atoms with Crippen LogP contribution in [-0.2, 0) is 0 Å². The molecule has 1 N–H and O–H groups in total. The van der Waals surface area contributed by atoms with E-state index >= 15 is 0 Å². The molecule has 0 aliphatic heterocycles. The fraction of sp³-hybridized carbons (Fsp3) is 0.769. The lowest BCUT2D eigenvalue weighted by atomic mass is 9.96. The summed E-state index contributed by atoms with van der Waals surface area (Å²) >= 11 is 1.57. The van der Waals surface area contributed by atoms with E-state index in [2.05, 4.69) is 35.4 Å². The Kier molecular flexibility index (Phi) is 6.32. The summed E-state index contributed by atoms with van der Waals surface area (Å²) in [6.45, 7) is 7.86. The van der Waals surface area contributed by atoms with Crippen LogP contribution >= 0.6 is 11.8 Å². The van der Waals surface area contributed by atoms with E-state index in [4.69, 9.17) is 4.42 Å². The molecule has 0 radical (unpaired) electrons. The van der Waals surface area contributed by atoms with Gasteiger partial charge in [-0.05, 0) is 40.0 Å². The van der Waals surface area contributed by atoms with Crippen molar-refractivity contribution in [2.45, 2.75) is 63.8 Å². The second-order valence-electron chi connectivity index (χ2n) is 5.14. The lowest BCUT2D eigenvalue weighted by molar-refractivity contribution is 0.372. The summed E-state index contributed by atoms with van der Waals surface area (Å²) in [7, 11) is 0. The van der Waals surface area contributed by atoms with Crippen LogP contribution in [0.4, 0.5) is 0 Å². The Morgan fingerprint density at radius 3 is 2.68 bits per heavy atom. The van der Waals surface area contributed by atoms with Crippen molar-refractivity contribution in [1.82, 2.24) is 15.5 Å². The average molecular weight is 282 g/mol. The molecule has 106 valence electrons. The number of hydrogen-bond acceptors (Lipinski definition) is 6. The van der Waals surface area contributed by atoms with Gasteiger partial charge in [-0.15, -0.1) is 10.2 Å². The number of nitrogens with zero attached hydrogens (tertiary/aromatic N) is 3. The molecule has 0 aliphatic rings. The monoisotopic (exact) mass is 282 g/mol. The van der Waals surface area contributed by atoms with Gasteiger partial charge in [-0.2, -0.15) is 5.26 Å². The zero-order valence-electron chi connectivity index (χ0n) is 12.1. The molecule has 1 rings (SSSR count). The Labute approximate surface area is 119 Å². The number of thioether (sulfide) groups is 1. The topological polar surface area (TPSA) is 74.7 Å². The minimum atomic E-state index is -0.431. The normalized spacial score (nSPS) is 14.3. The van der Waals surface area contributed by atoms with Crippen molar-refractivity contribution >= 4 is 11.8 Å². The molecule has 1 atom stereocenters. The van der Waals surface area contributed by atoms with E-state index in [1.54, 1.807) is 18.7 Å². The van der Waals surface area contributed by atoms with Gasteiger partial charge in [-0.25, -0.2) is 0 Å². The molecule has 0 fully saturated rings. The maximum atomic E-state index is 9.22. The third-order valence-corrected chi connectivity index (χ3v) is 3.56. The van der Waals surface area contributed by atoms with E-state index in [1.807, 2.05) is 6.92 Å². The summed E-state index contributed by atoms with van der Waals surface area (Å²) in [5, 5.41) is 20.9. The van der Waals surface area contributed by atoms with E-state index in [1.165, 1.54) is 0 Å². The molecule has 1 heterocycles. The molecular formula is C13H22N4OS. The van der Waals surface area contributed by atoms with Crippen molar-refractivity contribution in [2.24, 2.45) is 0 Å². The Bertz CT molecular complexity index is 427. The molecule has 0 saturated carbocycles. The van der Waals surface area contributed by atoms with Crippen LogP contribution in [0.3, 0.4) is 0 Å². The number of nitriles is 1. The fourth-order valence-corrected chi connectivity index (χ4v) is 2.68. The summed E-state index contributed by atoms with van der Waals surface area (Å²) in [4.78, 5) is 0. The predicted octanol–water partition coefficient (Wildman–Crippen LogP) is 2.92. The van der Waals surface area contributed by atoms with Crippen molar-refractivity contribution in [3.8, 4) is 6.07 Å². The van der Waals surface area contributed by atoms with Gasteiger partial charge in [-0.3, -0.25) is 5.32 Å². The van der Waals surface area contributed by atoms with Crippen LogP contribution in [0.5, 0.6) is 0 Å². The predicted molar refractivity (Wildman–Crippen MR) is 75.9 cm³/mol. The molecule has 6 heteroatoms. The molecule has 0 spiro atoms. The van der Waals surface area contributed by atoms with E-state index in [0.29, 0.717) is 17.2 Å². The lowest BCUT2D eigenvalue weighted by Gasteiger charge is -2.25. The van der Waals surface area contributed by atoms with Crippen molar-refractivity contribution in [1.29, 1.82) is 5.26 Å². The molecule has 0 aliphatic carbocycles. The maximum Gasteiger partial charge on any atom is 0.276 e. The second-order valence-corrected chi connectivity index (χ2v) is 6.18. The van der Waals surface area contributed by atoms with E-state index in [0.717, 1.165) is 25.0 Å². The molecular weight excluding hydrogens is 260 g/mol. The summed E-state index contributed by atoms with van der Waals surface area (Å²) < 4.78 is 5.28. The van der Waals surface area contributed by atoms with Crippen LogP contribution in [-0.4, -0.2) is 27.5 Å². The summed E-state index contributed by atoms with van der Waals surface area (Å²) in [6.07, 6.45) is 2.89. The molecule has 0 aromatic carbocycles. The van der Waals surface area contributed by atoms with Crippen LogP contribution in [0.2, 0.25) is 0 Å². The van der Waals surface area contributed by atoms with E-state index < -0.39 is 5.54 Å². The van der Waals surface area contributed by atoms with Gasteiger partial charge in [0.1, 0.15) is 5.54 Å². The summed E-state index contributed by atoms with van der Waals surface area (Å²) in [6, 6.07) is 2.68. The Balaban J connectivity index is 2.21. The first-order chi connectivity index (χ1) is 8.95. The van der Waals surface area contributed by atoms with Gasteiger partial charge < -0.3 is 4.42 Å². The number of rotatable bonds is 8. The SMILES string of the molecule is Cc1nnc(SCCCCC(C)(C#N)NC(C)C)o1. The molecule has 1 unspecified atom stereocenters. The van der Waals surface area contributed by atoms with E-state index in [-0.39, 0.29) is 0 Å². The van der Waals surface area contributed by atoms with Crippen LogP contribution < -0.4 is 5.32 Å². The highest BCUT2D eigenvalue weighted by molar-refractivity contribution is 7.99. The molecule has 1 aromatic heterocycles. The van der Waals surface area contributed by atoms with Crippen molar-refractivity contribution in [3.63, 3.8) is 0 Å². The van der Waals surface area contributed by atoms with Gasteiger partial charge in [0.25, 0.3) is 5.22 Å². The second kappa shape index (κ2) is 7.51. The first kappa shape index (κ1) is 16.0. The number of aryl methyl sites for hydroxylation is 1. The number of nitrogens with one attached hydrogen (secondary N) is 1. The van der Waals surface area contributed by atoms with Gasteiger partial charge in [0.2, 0.25) is 5.89 Å². The molecule has 0 saturated heterocycles. The summed E-state index contributed by atoms with van der Waals surface area (Å²) in [5.41, 5.74) is -0.431. The third kappa shape index (κ3) is 6.08. The highest BCUT2D eigenvalue weighted by Crippen LogP contribution is 2.20. The minimum absolute atomic E-state index is 0.320. The average Bonchev–Trinajstić information content (AvgIpc) is 2.74. The van der Waals surface area contributed by atoms with Crippen LogP contribution in [0.1, 0.15) is 45.9 Å². The first-order valence-electron chi connectivity index (χ1n) is 6.57. The smallest absolute Gasteiger partial charge is 0.276 e. The quantitative estimate of drug-likeness (QED) is 0.583. The van der Waals surface area contributed by atoms with Crippen molar-refractivity contribution in [2.75, 3.05) is 5.75 Å². The van der Waals surface area contributed by atoms with Gasteiger partial charge in [0.15, 0.2) is 0 Å². The molecule has 1 aromatic rings. The van der Waals surface area contributed by atoms with Crippen LogP contribution in [0.25, 0.3) is 0 Å². The number of unbranched alkanes of at least 4 members (excludes halogenated alkanes) is 1. The van der Waals surface area contributed by atoms with Crippen molar-refractivity contribution < 1.29 is 4.42 Å². The van der Waals surface area contributed by atoms with Gasteiger partial charge in [0.05, 0.1) is 6.07 Å². The maximum absolute atomic E-state index is 9.22.